The molecule has 1 saturated carbocycles. The summed E-state index contributed by atoms with van der Waals surface area (Å²) < 4.78 is 47.3. The Kier molecular flexibility index (Phi) is 6.85. The van der Waals surface area contributed by atoms with Gasteiger partial charge in [-0.25, -0.2) is 24.9 Å². The van der Waals surface area contributed by atoms with Gasteiger partial charge in [-0.3, -0.25) is 0 Å². The molecule has 0 saturated heterocycles. The molecule has 40 heavy (non-hydrogen) atoms. The molecule has 1 unspecified atom stereocenters. The fourth-order valence-corrected chi connectivity index (χ4v) is 5.32. The van der Waals surface area contributed by atoms with Gasteiger partial charge in [0.05, 0.1) is 18.7 Å². The van der Waals surface area contributed by atoms with Gasteiger partial charge in [-0.15, -0.1) is 11.6 Å². The standard InChI is InChI=1S/C28H27ClF3N7O/c1-15-3-5-18-9-16(4-8-20(18)26-37-21(13-39(15)26)28(30,31)32)11-33-24-19(10-29)12-34-25(38-24)22-23(17-6-7-17)35-14-36-27(22)40-2/h4,8-9,12-15,17H,3,5-7,10-11H2,1-2H3,(H,33,34,38). The molecular weight excluding hydrogens is 543 g/mol. The molecule has 4 aromatic rings. The molecule has 12 heteroatoms. The summed E-state index contributed by atoms with van der Waals surface area (Å²) in [5, 5.41) is 3.38. The highest BCUT2D eigenvalue weighted by Crippen LogP contribution is 2.45. The molecule has 2 aliphatic rings. The maximum Gasteiger partial charge on any atom is 0.434 e. The van der Waals surface area contributed by atoms with Crippen LogP contribution in [0, 0.1) is 0 Å². The number of benzene rings is 1. The summed E-state index contributed by atoms with van der Waals surface area (Å²) in [4.78, 5) is 22.1. The van der Waals surface area contributed by atoms with Crippen LogP contribution in [0.2, 0.25) is 0 Å². The van der Waals surface area contributed by atoms with Crippen LogP contribution in [0.1, 0.15) is 66.2 Å². The average molecular weight is 570 g/mol. The van der Waals surface area contributed by atoms with Gasteiger partial charge in [-0.05, 0) is 43.7 Å². The minimum atomic E-state index is -4.49. The van der Waals surface area contributed by atoms with E-state index in [1.54, 1.807) is 17.9 Å². The molecule has 1 aliphatic heterocycles. The number of rotatable bonds is 7. The van der Waals surface area contributed by atoms with E-state index in [-0.39, 0.29) is 11.9 Å². The SMILES string of the molecule is COc1ncnc(C2CC2)c1-c1ncc(CCl)c(NCc2ccc3c(c2)CCC(C)n2cc(C(F)(F)F)nc2-3)n1. The maximum atomic E-state index is 13.4. The van der Waals surface area contributed by atoms with Gasteiger partial charge < -0.3 is 14.6 Å². The lowest BCUT2D eigenvalue weighted by Gasteiger charge is -2.15. The van der Waals surface area contributed by atoms with Gasteiger partial charge in [-0.1, -0.05) is 18.2 Å². The number of nitrogens with one attached hydrogen (secondary N) is 1. The second-order valence-electron chi connectivity index (χ2n) is 10.2. The zero-order chi connectivity index (χ0) is 28.0. The van der Waals surface area contributed by atoms with E-state index in [4.69, 9.17) is 21.3 Å². The molecule has 3 aromatic heterocycles. The molecule has 4 heterocycles. The maximum absolute atomic E-state index is 13.4. The zero-order valence-electron chi connectivity index (χ0n) is 22.0. The number of hydrogen-bond donors (Lipinski definition) is 1. The number of anilines is 1. The number of fused-ring (bicyclic) bond motifs is 3. The second-order valence-corrected chi connectivity index (χ2v) is 10.5. The third-order valence-electron chi connectivity index (χ3n) is 7.43. The Bertz CT molecular complexity index is 1570. The van der Waals surface area contributed by atoms with E-state index in [9.17, 15) is 13.2 Å². The smallest absolute Gasteiger partial charge is 0.434 e. The van der Waals surface area contributed by atoms with Crippen LogP contribution in [0.3, 0.4) is 0 Å². The number of hydrogen-bond acceptors (Lipinski definition) is 7. The lowest BCUT2D eigenvalue weighted by Crippen LogP contribution is -2.08. The van der Waals surface area contributed by atoms with E-state index in [2.05, 4.69) is 25.3 Å². The van der Waals surface area contributed by atoms with E-state index in [0.717, 1.165) is 53.4 Å². The average Bonchev–Trinajstić information content (AvgIpc) is 3.72. The number of alkyl halides is 4. The van der Waals surface area contributed by atoms with Crippen molar-refractivity contribution < 1.29 is 17.9 Å². The van der Waals surface area contributed by atoms with Crippen molar-refractivity contribution in [2.75, 3.05) is 12.4 Å². The molecule has 1 atom stereocenters. The molecule has 0 bridgehead atoms. The summed E-state index contributed by atoms with van der Waals surface area (Å²) in [7, 11) is 1.56. The Morgan fingerprint density at radius 1 is 1.12 bits per heavy atom. The Hall–Kier alpha value is -3.73. The summed E-state index contributed by atoms with van der Waals surface area (Å²) in [5.74, 6) is 2.37. The first-order valence-electron chi connectivity index (χ1n) is 13.1. The first-order chi connectivity index (χ1) is 19.3. The van der Waals surface area contributed by atoms with E-state index in [0.29, 0.717) is 47.8 Å². The molecule has 8 nitrogen and oxygen atoms in total. The van der Waals surface area contributed by atoms with Gasteiger partial charge in [0.25, 0.3) is 0 Å². The molecule has 1 aromatic carbocycles. The van der Waals surface area contributed by atoms with Crippen molar-refractivity contribution in [2.24, 2.45) is 0 Å². The third-order valence-corrected chi connectivity index (χ3v) is 7.72. The van der Waals surface area contributed by atoms with Crippen molar-refractivity contribution in [1.82, 2.24) is 29.5 Å². The summed E-state index contributed by atoms with van der Waals surface area (Å²) in [6, 6.07) is 5.67. The first-order valence-corrected chi connectivity index (χ1v) is 13.6. The van der Waals surface area contributed by atoms with Crippen LogP contribution >= 0.6 is 11.6 Å². The number of halogens is 4. The second kappa shape index (κ2) is 10.3. The number of aromatic nitrogens is 6. The summed E-state index contributed by atoms with van der Waals surface area (Å²) in [6.45, 7) is 2.35. The molecular formula is C28H27ClF3N7O. The van der Waals surface area contributed by atoms with Crippen molar-refractivity contribution in [1.29, 1.82) is 0 Å². The fourth-order valence-electron chi connectivity index (χ4n) is 5.13. The summed E-state index contributed by atoms with van der Waals surface area (Å²) in [5.41, 5.74) is 4.07. The van der Waals surface area contributed by atoms with Crippen molar-refractivity contribution in [3.63, 3.8) is 0 Å². The van der Waals surface area contributed by atoms with Crippen molar-refractivity contribution in [3.8, 4) is 28.7 Å². The van der Waals surface area contributed by atoms with Crippen LogP contribution in [0.15, 0.2) is 36.9 Å². The summed E-state index contributed by atoms with van der Waals surface area (Å²) in [6.07, 6.45) is 3.35. The van der Waals surface area contributed by atoms with Gasteiger partial charge in [0.15, 0.2) is 11.5 Å². The van der Waals surface area contributed by atoms with Gasteiger partial charge in [-0.2, -0.15) is 13.2 Å². The highest BCUT2D eigenvalue weighted by Gasteiger charge is 2.36. The Balaban J connectivity index is 1.29. The van der Waals surface area contributed by atoms with E-state index in [1.165, 1.54) is 6.33 Å². The predicted octanol–water partition coefficient (Wildman–Crippen LogP) is 6.56. The Morgan fingerprint density at radius 3 is 2.67 bits per heavy atom. The Morgan fingerprint density at radius 2 is 1.95 bits per heavy atom. The van der Waals surface area contributed by atoms with Crippen LogP contribution in [-0.4, -0.2) is 36.6 Å². The molecule has 0 amide bonds. The third kappa shape index (κ3) is 4.98. The highest BCUT2D eigenvalue weighted by molar-refractivity contribution is 6.17. The van der Waals surface area contributed by atoms with Gasteiger partial charge in [0, 0.05) is 42.0 Å². The van der Waals surface area contributed by atoms with Gasteiger partial charge >= 0.3 is 6.18 Å². The highest BCUT2D eigenvalue weighted by atomic mass is 35.5. The number of nitrogens with zero attached hydrogens (tertiary/aromatic N) is 6. The lowest BCUT2D eigenvalue weighted by atomic mass is 9.99. The molecule has 1 fully saturated rings. The van der Waals surface area contributed by atoms with Crippen molar-refractivity contribution in [2.45, 2.75) is 63.2 Å². The molecule has 0 radical (unpaired) electrons. The monoisotopic (exact) mass is 569 g/mol. The summed E-state index contributed by atoms with van der Waals surface area (Å²) >= 11 is 6.21. The van der Waals surface area contributed by atoms with Crippen LogP contribution in [0.4, 0.5) is 19.0 Å². The molecule has 208 valence electrons. The molecule has 1 aliphatic carbocycles. The first kappa shape index (κ1) is 26.5. The number of imidazole rings is 1. The van der Waals surface area contributed by atoms with Crippen LogP contribution in [0.5, 0.6) is 5.88 Å². The van der Waals surface area contributed by atoms with Gasteiger partial charge in [0.2, 0.25) is 5.88 Å². The van der Waals surface area contributed by atoms with Crippen LogP contribution in [-0.2, 0) is 25.0 Å². The topological polar surface area (TPSA) is 90.6 Å². The van der Waals surface area contributed by atoms with Crippen molar-refractivity contribution >= 4 is 17.4 Å². The number of aryl methyl sites for hydroxylation is 1. The van der Waals surface area contributed by atoms with Gasteiger partial charge in [0.1, 0.15) is 23.5 Å². The van der Waals surface area contributed by atoms with Crippen LogP contribution in [0.25, 0.3) is 22.8 Å². The minimum Gasteiger partial charge on any atom is -0.480 e. The zero-order valence-corrected chi connectivity index (χ0v) is 22.7. The normalized spacial score (nSPS) is 16.7. The fraction of sp³-hybridized carbons (Fsp3) is 0.393. The molecule has 1 N–H and O–H groups in total. The number of ether oxygens (including phenoxy) is 1. The van der Waals surface area contributed by atoms with Crippen molar-refractivity contribution in [3.05, 3.63) is 65.0 Å². The van der Waals surface area contributed by atoms with Crippen LogP contribution < -0.4 is 10.1 Å². The number of methoxy groups -OCH3 is 1. The largest absolute Gasteiger partial charge is 0.480 e. The minimum absolute atomic E-state index is 0.0993. The van der Waals surface area contributed by atoms with E-state index in [1.807, 2.05) is 25.1 Å². The molecule has 0 spiro atoms. The lowest BCUT2D eigenvalue weighted by molar-refractivity contribution is -0.140. The predicted molar refractivity (Wildman–Crippen MR) is 144 cm³/mol. The quantitative estimate of drug-likeness (QED) is 0.252. The van der Waals surface area contributed by atoms with E-state index >= 15 is 0 Å². The Labute approximate surface area is 234 Å². The van der Waals surface area contributed by atoms with E-state index < -0.39 is 11.9 Å². The molecule has 6 rings (SSSR count).